The maximum atomic E-state index is 12.4. The van der Waals surface area contributed by atoms with Gasteiger partial charge in [0.15, 0.2) is 0 Å². The van der Waals surface area contributed by atoms with Gasteiger partial charge in [-0.1, -0.05) is 38.1 Å². The van der Waals surface area contributed by atoms with E-state index in [9.17, 15) is 9.59 Å². The van der Waals surface area contributed by atoms with Gasteiger partial charge in [-0.25, -0.2) is 4.90 Å². The Balaban J connectivity index is 2.47. The second kappa shape index (κ2) is 5.00. The van der Waals surface area contributed by atoms with Crippen molar-refractivity contribution in [3.8, 4) is 0 Å². The number of nitrogens with zero attached hydrogens (tertiary/aromatic N) is 1. The standard InChI is InChI=1S/C16H19NO2/c1-10(2)8-13-9-14(18)17(16(13)19)15-11(3)6-5-7-12(15)4/h5-8,10H,9H2,1-4H3. The lowest BCUT2D eigenvalue weighted by molar-refractivity contribution is -0.120. The van der Waals surface area contributed by atoms with Gasteiger partial charge < -0.3 is 0 Å². The van der Waals surface area contributed by atoms with Crippen molar-refractivity contribution in [2.45, 2.75) is 34.1 Å². The highest BCUT2D eigenvalue weighted by molar-refractivity contribution is 6.28. The molecule has 19 heavy (non-hydrogen) atoms. The molecule has 1 aromatic carbocycles. The van der Waals surface area contributed by atoms with E-state index in [1.807, 2.05) is 52.0 Å². The molecule has 0 unspecified atom stereocenters. The first kappa shape index (κ1) is 13.5. The molecule has 1 saturated heterocycles. The third kappa shape index (κ3) is 2.46. The zero-order valence-corrected chi connectivity index (χ0v) is 11.9. The molecule has 0 N–H and O–H groups in total. The summed E-state index contributed by atoms with van der Waals surface area (Å²) in [6, 6.07) is 5.78. The van der Waals surface area contributed by atoms with Gasteiger partial charge in [-0.2, -0.15) is 0 Å². The van der Waals surface area contributed by atoms with E-state index < -0.39 is 0 Å². The summed E-state index contributed by atoms with van der Waals surface area (Å²) in [5, 5.41) is 0. The van der Waals surface area contributed by atoms with Gasteiger partial charge in [0.2, 0.25) is 5.91 Å². The third-order valence-corrected chi connectivity index (χ3v) is 3.27. The van der Waals surface area contributed by atoms with E-state index >= 15 is 0 Å². The number of hydrogen-bond donors (Lipinski definition) is 0. The van der Waals surface area contributed by atoms with E-state index in [4.69, 9.17) is 0 Å². The average molecular weight is 257 g/mol. The Morgan fingerprint density at radius 1 is 1.16 bits per heavy atom. The Labute approximate surface area is 113 Å². The Morgan fingerprint density at radius 2 is 1.74 bits per heavy atom. The Morgan fingerprint density at radius 3 is 2.26 bits per heavy atom. The number of allylic oxidation sites excluding steroid dienone is 1. The molecule has 2 amide bonds. The van der Waals surface area contributed by atoms with Crippen molar-refractivity contribution in [3.63, 3.8) is 0 Å². The number of carbonyl (C=O) groups is 2. The smallest absolute Gasteiger partial charge is 0.261 e. The molecule has 0 atom stereocenters. The number of carbonyl (C=O) groups excluding carboxylic acids is 2. The van der Waals surface area contributed by atoms with Gasteiger partial charge in [0.05, 0.1) is 12.1 Å². The van der Waals surface area contributed by atoms with Gasteiger partial charge >= 0.3 is 0 Å². The molecule has 0 radical (unpaired) electrons. The van der Waals surface area contributed by atoms with Crippen molar-refractivity contribution in [1.29, 1.82) is 0 Å². The minimum atomic E-state index is -0.170. The first-order chi connectivity index (χ1) is 8.91. The molecule has 1 fully saturated rings. The van der Waals surface area contributed by atoms with E-state index in [1.165, 1.54) is 4.90 Å². The number of amides is 2. The Bertz CT molecular complexity index is 550. The minimum Gasteiger partial charge on any atom is -0.274 e. The predicted octanol–water partition coefficient (Wildman–Crippen LogP) is 3.15. The van der Waals surface area contributed by atoms with Crippen molar-refractivity contribution in [3.05, 3.63) is 41.0 Å². The van der Waals surface area contributed by atoms with Crippen LogP contribution in [-0.2, 0) is 9.59 Å². The predicted molar refractivity (Wildman–Crippen MR) is 75.9 cm³/mol. The van der Waals surface area contributed by atoms with Crippen LogP contribution >= 0.6 is 0 Å². The number of benzene rings is 1. The van der Waals surface area contributed by atoms with Crippen LogP contribution in [0.15, 0.2) is 29.8 Å². The van der Waals surface area contributed by atoms with Crippen LogP contribution in [0.1, 0.15) is 31.4 Å². The zero-order chi connectivity index (χ0) is 14.2. The molecule has 0 aliphatic carbocycles. The molecule has 0 spiro atoms. The quantitative estimate of drug-likeness (QED) is 0.603. The average Bonchev–Trinajstić information content (AvgIpc) is 2.55. The van der Waals surface area contributed by atoms with Crippen LogP contribution in [0.25, 0.3) is 0 Å². The van der Waals surface area contributed by atoms with Crippen molar-refractivity contribution in [2.24, 2.45) is 5.92 Å². The molecule has 3 nitrogen and oxygen atoms in total. The minimum absolute atomic E-state index is 0.130. The topological polar surface area (TPSA) is 37.4 Å². The second-order valence-electron chi connectivity index (χ2n) is 5.39. The molecular weight excluding hydrogens is 238 g/mol. The van der Waals surface area contributed by atoms with Crippen LogP contribution in [0.3, 0.4) is 0 Å². The lowest BCUT2D eigenvalue weighted by Crippen LogP contribution is -2.30. The number of aryl methyl sites for hydroxylation is 2. The largest absolute Gasteiger partial charge is 0.274 e. The molecule has 1 heterocycles. The summed E-state index contributed by atoms with van der Waals surface area (Å²) in [7, 11) is 0. The number of hydrogen-bond acceptors (Lipinski definition) is 2. The maximum absolute atomic E-state index is 12.4. The molecule has 1 aliphatic rings. The molecule has 100 valence electrons. The monoisotopic (exact) mass is 257 g/mol. The Hall–Kier alpha value is -1.90. The summed E-state index contributed by atoms with van der Waals surface area (Å²) in [6.07, 6.45) is 2.10. The molecule has 0 saturated carbocycles. The van der Waals surface area contributed by atoms with Crippen molar-refractivity contribution in [1.82, 2.24) is 0 Å². The molecule has 2 rings (SSSR count). The fraction of sp³-hybridized carbons (Fsp3) is 0.375. The van der Waals surface area contributed by atoms with Crippen LogP contribution in [-0.4, -0.2) is 11.8 Å². The van der Waals surface area contributed by atoms with Gasteiger partial charge in [-0.05, 0) is 30.9 Å². The van der Waals surface area contributed by atoms with Crippen LogP contribution in [0.5, 0.6) is 0 Å². The third-order valence-electron chi connectivity index (χ3n) is 3.27. The summed E-state index contributed by atoms with van der Waals surface area (Å²) in [4.78, 5) is 25.9. The number of imide groups is 1. The molecule has 1 aliphatic heterocycles. The molecular formula is C16H19NO2. The zero-order valence-electron chi connectivity index (χ0n) is 11.9. The van der Waals surface area contributed by atoms with Crippen molar-refractivity contribution < 1.29 is 9.59 Å². The van der Waals surface area contributed by atoms with Gasteiger partial charge in [-0.15, -0.1) is 0 Å². The van der Waals surface area contributed by atoms with Gasteiger partial charge in [-0.3, -0.25) is 9.59 Å². The van der Waals surface area contributed by atoms with E-state index in [0.29, 0.717) is 5.57 Å². The lowest BCUT2D eigenvalue weighted by atomic mass is 10.1. The van der Waals surface area contributed by atoms with Crippen LogP contribution < -0.4 is 4.90 Å². The number of anilines is 1. The van der Waals surface area contributed by atoms with Crippen LogP contribution in [0.2, 0.25) is 0 Å². The first-order valence-corrected chi connectivity index (χ1v) is 6.56. The first-order valence-electron chi connectivity index (χ1n) is 6.56. The Kier molecular flexibility index (Phi) is 3.56. The van der Waals surface area contributed by atoms with E-state index in [1.54, 1.807) is 0 Å². The summed E-state index contributed by atoms with van der Waals surface area (Å²) in [5.74, 6) is -0.0323. The number of rotatable bonds is 2. The van der Waals surface area contributed by atoms with E-state index in [2.05, 4.69) is 0 Å². The molecule has 1 aromatic rings. The van der Waals surface area contributed by atoms with Gasteiger partial charge in [0.1, 0.15) is 0 Å². The van der Waals surface area contributed by atoms with E-state index in [-0.39, 0.29) is 24.2 Å². The van der Waals surface area contributed by atoms with Crippen molar-refractivity contribution in [2.75, 3.05) is 4.90 Å². The molecule has 0 bridgehead atoms. The highest BCUT2D eigenvalue weighted by Gasteiger charge is 2.36. The lowest BCUT2D eigenvalue weighted by Gasteiger charge is -2.18. The molecule has 0 aromatic heterocycles. The van der Waals surface area contributed by atoms with E-state index in [0.717, 1.165) is 16.8 Å². The van der Waals surface area contributed by atoms with Crippen LogP contribution in [0.4, 0.5) is 5.69 Å². The summed E-state index contributed by atoms with van der Waals surface area (Å²) in [5.41, 5.74) is 3.26. The summed E-state index contributed by atoms with van der Waals surface area (Å²) < 4.78 is 0. The highest BCUT2D eigenvalue weighted by atomic mass is 16.2. The fourth-order valence-electron chi connectivity index (χ4n) is 2.49. The van der Waals surface area contributed by atoms with Crippen LogP contribution in [0, 0.1) is 19.8 Å². The summed E-state index contributed by atoms with van der Waals surface area (Å²) in [6.45, 7) is 7.86. The van der Waals surface area contributed by atoms with Gasteiger partial charge in [0.25, 0.3) is 5.91 Å². The maximum Gasteiger partial charge on any atom is 0.261 e. The summed E-state index contributed by atoms with van der Waals surface area (Å²) >= 11 is 0. The van der Waals surface area contributed by atoms with Crippen molar-refractivity contribution >= 4 is 17.5 Å². The number of para-hydroxylation sites is 1. The normalized spacial score (nSPS) is 17.9. The molecule has 3 heteroatoms. The highest BCUT2D eigenvalue weighted by Crippen LogP contribution is 2.31. The fourth-order valence-corrected chi connectivity index (χ4v) is 2.49. The SMILES string of the molecule is Cc1cccc(C)c1N1C(=O)CC(=CC(C)C)C1=O. The second-order valence-corrected chi connectivity index (χ2v) is 5.39. The van der Waals surface area contributed by atoms with Gasteiger partial charge in [0, 0.05) is 5.57 Å².